The number of aryl methyl sites for hydroxylation is 2. The van der Waals surface area contributed by atoms with E-state index in [4.69, 9.17) is 12.2 Å². The van der Waals surface area contributed by atoms with Gasteiger partial charge in [0.15, 0.2) is 4.77 Å². The number of likely N-dealkylation sites (tertiary alicyclic amines) is 1. The lowest BCUT2D eigenvalue weighted by Gasteiger charge is -2.32. The second kappa shape index (κ2) is 9.18. The van der Waals surface area contributed by atoms with Gasteiger partial charge in [-0.25, -0.2) is 0 Å². The number of nitrogens with zero attached hydrogens (tertiary/aromatic N) is 2. The van der Waals surface area contributed by atoms with E-state index in [1.807, 2.05) is 11.8 Å². The number of H-pyrrole nitrogens is 1. The van der Waals surface area contributed by atoms with Gasteiger partial charge in [-0.05, 0) is 81.4 Å². The van der Waals surface area contributed by atoms with Crippen molar-refractivity contribution in [2.24, 2.45) is 5.92 Å². The lowest BCUT2D eigenvalue weighted by Crippen LogP contribution is -2.38. The highest BCUT2D eigenvalue weighted by molar-refractivity contribution is 7.71. The molecule has 1 aliphatic heterocycles. The molecule has 0 saturated carbocycles. The minimum atomic E-state index is -0.116. The van der Waals surface area contributed by atoms with E-state index in [9.17, 15) is 9.59 Å². The van der Waals surface area contributed by atoms with Gasteiger partial charge in [0.1, 0.15) is 0 Å². The molecule has 31 heavy (non-hydrogen) atoms. The summed E-state index contributed by atoms with van der Waals surface area (Å²) in [6, 6.07) is 14.0. The molecule has 0 unspecified atom stereocenters. The number of aromatic nitrogens is 2. The largest absolute Gasteiger partial charge is 0.339 e. The maximum absolute atomic E-state index is 13.1. The van der Waals surface area contributed by atoms with Crippen LogP contribution in [0.3, 0.4) is 0 Å². The van der Waals surface area contributed by atoms with Crippen molar-refractivity contribution in [1.82, 2.24) is 14.5 Å². The first-order chi connectivity index (χ1) is 15.0. The molecule has 0 spiro atoms. The Bertz CT molecular complexity index is 1200. The maximum Gasteiger partial charge on any atom is 0.262 e. The molecule has 1 fully saturated rings. The molecule has 0 radical (unpaired) electrons. The fraction of sp³-hybridized carbons (Fsp3) is 0.400. The third-order valence-corrected chi connectivity index (χ3v) is 6.73. The van der Waals surface area contributed by atoms with Crippen molar-refractivity contribution in [3.8, 4) is 0 Å². The number of nitrogens with one attached hydrogen (secondary N) is 1. The average Bonchev–Trinajstić information content (AvgIpc) is 2.78. The molecule has 2 aromatic carbocycles. The van der Waals surface area contributed by atoms with Crippen molar-refractivity contribution in [3.05, 3.63) is 74.3 Å². The fourth-order valence-electron chi connectivity index (χ4n) is 4.41. The Kier molecular flexibility index (Phi) is 6.37. The molecular weight excluding hydrogens is 406 g/mol. The van der Waals surface area contributed by atoms with Crippen molar-refractivity contribution in [2.45, 2.75) is 46.1 Å². The summed E-state index contributed by atoms with van der Waals surface area (Å²) in [5, 5.41) is 0.557. The van der Waals surface area contributed by atoms with Crippen LogP contribution in [0.4, 0.5) is 0 Å². The van der Waals surface area contributed by atoms with Crippen LogP contribution >= 0.6 is 12.2 Å². The maximum atomic E-state index is 13.1. The number of rotatable bonds is 5. The van der Waals surface area contributed by atoms with Gasteiger partial charge < -0.3 is 9.88 Å². The average molecular weight is 436 g/mol. The van der Waals surface area contributed by atoms with Crippen LogP contribution in [0.25, 0.3) is 10.9 Å². The Labute approximate surface area is 187 Å². The third-order valence-electron chi connectivity index (χ3n) is 6.41. The van der Waals surface area contributed by atoms with E-state index in [2.05, 4.69) is 36.2 Å². The second-order valence-electron chi connectivity index (χ2n) is 8.50. The molecule has 0 bridgehead atoms. The zero-order valence-corrected chi connectivity index (χ0v) is 19.0. The van der Waals surface area contributed by atoms with Crippen LogP contribution in [0.15, 0.2) is 47.3 Å². The smallest absolute Gasteiger partial charge is 0.262 e. The summed E-state index contributed by atoms with van der Waals surface area (Å²) in [6.45, 7) is 6.08. The van der Waals surface area contributed by atoms with E-state index in [1.54, 1.807) is 18.2 Å². The highest BCUT2D eigenvalue weighted by Crippen LogP contribution is 2.24. The van der Waals surface area contributed by atoms with E-state index < -0.39 is 0 Å². The van der Waals surface area contributed by atoms with Gasteiger partial charge in [-0.1, -0.05) is 29.8 Å². The van der Waals surface area contributed by atoms with E-state index in [-0.39, 0.29) is 11.5 Å². The molecular formula is C25H29N3O2S. The molecule has 4 rings (SSSR count). The van der Waals surface area contributed by atoms with Crippen LogP contribution in [0, 0.1) is 17.6 Å². The minimum Gasteiger partial charge on any atom is -0.339 e. The number of fused-ring (bicyclic) bond motifs is 1. The predicted octanol–water partition coefficient (Wildman–Crippen LogP) is 4.87. The van der Waals surface area contributed by atoms with Gasteiger partial charge in [0, 0.05) is 25.2 Å². The number of hydrogen-bond donors (Lipinski definition) is 1. The molecule has 2 heterocycles. The predicted molar refractivity (Wildman–Crippen MR) is 127 cm³/mol. The molecule has 6 heteroatoms. The Morgan fingerprint density at radius 2 is 1.84 bits per heavy atom. The summed E-state index contributed by atoms with van der Waals surface area (Å²) in [4.78, 5) is 30.7. The van der Waals surface area contributed by atoms with Gasteiger partial charge in [0.25, 0.3) is 11.5 Å². The summed E-state index contributed by atoms with van der Waals surface area (Å²) >= 11 is 5.29. The number of carbonyl (C=O) groups is 1. The van der Waals surface area contributed by atoms with Crippen LogP contribution < -0.4 is 5.56 Å². The zero-order valence-electron chi connectivity index (χ0n) is 18.2. The molecule has 5 nitrogen and oxygen atoms in total. The molecule has 1 saturated heterocycles. The number of hydrogen-bond acceptors (Lipinski definition) is 3. The second-order valence-corrected chi connectivity index (χ2v) is 8.89. The van der Waals surface area contributed by atoms with E-state index in [1.165, 1.54) is 22.1 Å². The Hall–Kier alpha value is -2.73. The normalized spacial score (nSPS) is 14.8. The van der Waals surface area contributed by atoms with E-state index >= 15 is 0 Å². The fourth-order valence-corrected chi connectivity index (χ4v) is 4.73. The van der Waals surface area contributed by atoms with Crippen molar-refractivity contribution in [3.63, 3.8) is 0 Å². The van der Waals surface area contributed by atoms with Crippen molar-refractivity contribution >= 4 is 29.0 Å². The van der Waals surface area contributed by atoms with E-state index in [0.717, 1.165) is 32.4 Å². The van der Waals surface area contributed by atoms with Crippen molar-refractivity contribution < 1.29 is 4.79 Å². The summed E-state index contributed by atoms with van der Waals surface area (Å²) in [7, 11) is 0. The van der Waals surface area contributed by atoms with Gasteiger partial charge >= 0.3 is 0 Å². The van der Waals surface area contributed by atoms with Gasteiger partial charge in [-0.3, -0.25) is 14.2 Å². The number of benzene rings is 2. The highest BCUT2D eigenvalue weighted by atomic mass is 32.1. The van der Waals surface area contributed by atoms with Gasteiger partial charge in [-0.15, -0.1) is 0 Å². The molecule has 0 aliphatic carbocycles. The first kappa shape index (κ1) is 21.5. The molecule has 162 valence electrons. The number of piperidine rings is 1. The Morgan fingerprint density at radius 3 is 2.52 bits per heavy atom. The molecule has 0 atom stereocenters. The molecule has 1 aliphatic rings. The summed E-state index contributed by atoms with van der Waals surface area (Å²) < 4.78 is 1.92. The van der Waals surface area contributed by atoms with Crippen molar-refractivity contribution in [2.75, 3.05) is 13.1 Å². The van der Waals surface area contributed by atoms with Crippen molar-refractivity contribution in [1.29, 1.82) is 0 Å². The lowest BCUT2D eigenvalue weighted by atomic mass is 9.90. The van der Waals surface area contributed by atoms with Gasteiger partial charge in [0.2, 0.25) is 0 Å². The molecule has 1 aromatic heterocycles. The standard InChI is InChI=1S/C25H29N3O2S/c1-3-28-24(30)21-11-10-20(16-22(21)26-25(28)31)23(29)27-14-12-19(13-15-27)9-8-18-6-4-17(2)5-7-18/h4-7,10-11,16,19H,3,8-9,12-15H2,1-2H3,(H,26,31). The minimum absolute atomic E-state index is 0.0258. The summed E-state index contributed by atoms with van der Waals surface area (Å²) in [5.41, 5.74) is 3.79. The molecule has 1 N–H and O–H groups in total. The number of aromatic amines is 1. The highest BCUT2D eigenvalue weighted by Gasteiger charge is 2.24. The number of carbonyl (C=O) groups excluding carboxylic acids is 1. The van der Waals surface area contributed by atoms with Crippen LogP contribution in [-0.4, -0.2) is 33.4 Å². The molecule has 1 amide bonds. The summed E-state index contributed by atoms with van der Waals surface area (Å²) in [6.07, 6.45) is 4.34. The Balaban J connectivity index is 1.40. The topological polar surface area (TPSA) is 58.1 Å². The van der Waals surface area contributed by atoms with Crippen LogP contribution in [-0.2, 0) is 13.0 Å². The first-order valence-electron chi connectivity index (χ1n) is 11.1. The summed E-state index contributed by atoms with van der Waals surface area (Å²) in [5.74, 6) is 0.684. The SMILES string of the molecule is CCn1c(=S)[nH]c2cc(C(=O)N3CCC(CCc4ccc(C)cc4)CC3)ccc2c1=O. The monoisotopic (exact) mass is 435 g/mol. The third kappa shape index (κ3) is 4.64. The zero-order chi connectivity index (χ0) is 22.0. The van der Waals surface area contributed by atoms with Gasteiger partial charge in [0.05, 0.1) is 10.9 Å². The molecule has 3 aromatic rings. The quantitative estimate of drug-likeness (QED) is 0.582. The van der Waals surface area contributed by atoms with Gasteiger partial charge in [-0.2, -0.15) is 0 Å². The van der Waals surface area contributed by atoms with Crippen LogP contribution in [0.1, 0.15) is 47.7 Å². The number of amides is 1. The Morgan fingerprint density at radius 1 is 1.13 bits per heavy atom. The van der Waals surface area contributed by atoms with Crippen LogP contribution in [0.2, 0.25) is 0 Å². The first-order valence-corrected chi connectivity index (χ1v) is 11.5. The van der Waals surface area contributed by atoms with Crippen LogP contribution in [0.5, 0.6) is 0 Å². The lowest BCUT2D eigenvalue weighted by molar-refractivity contribution is 0.0687. The van der Waals surface area contributed by atoms with E-state index in [0.29, 0.717) is 33.7 Å².